The molecule has 15 heteroatoms. The Morgan fingerprint density at radius 2 is 1.86 bits per heavy atom. The van der Waals surface area contributed by atoms with Gasteiger partial charge in [-0.25, -0.2) is 4.79 Å². The van der Waals surface area contributed by atoms with Crippen LogP contribution < -0.4 is 26.4 Å². The molecule has 0 aliphatic carbocycles. The first-order chi connectivity index (χ1) is 24.4. The van der Waals surface area contributed by atoms with Crippen molar-refractivity contribution < 1.29 is 41.8 Å². The number of alkyl halides is 3. The molecule has 4 rings (SSSR count). The summed E-state index contributed by atoms with van der Waals surface area (Å²) < 4.78 is 57.7. The van der Waals surface area contributed by atoms with E-state index in [1.807, 2.05) is 6.07 Å². The minimum absolute atomic E-state index is 0.0377. The van der Waals surface area contributed by atoms with E-state index in [4.69, 9.17) is 19.9 Å². The summed E-state index contributed by atoms with van der Waals surface area (Å²) in [6.07, 6.45) is -3.77. The zero-order chi connectivity index (χ0) is 37.0. The van der Waals surface area contributed by atoms with Crippen LogP contribution in [-0.4, -0.2) is 94.6 Å². The van der Waals surface area contributed by atoms with E-state index in [9.17, 15) is 27.6 Å². The number of likely N-dealkylation sites (tertiary alicyclic amines) is 1. The van der Waals surface area contributed by atoms with Crippen LogP contribution in [0.3, 0.4) is 0 Å². The number of anilines is 2. The summed E-state index contributed by atoms with van der Waals surface area (Å²) in [5.41, 5.74) is 6.80. The molecule has 1 saturated heterocycles. The van der Waals surface area contributed by atoms with Crippen LogP contribution in [0.25, 0.3) is 10.1 Å². The summed E-state index contributed by atoms with van der Waals surface area (Å²) in [5, 5.41) is 9.80. The Balaban J connectivity index is 1.54. The van der Waals surface area contributed by atoms with Crippen molar-refractivity contribution in [3.8, 4) is 17.6 Å². The Labute approximate surface area is 299 Å². The smallest absolute Gasteiger partial charge is 0.393 e. The van der Waals surface area contributed by atoms with Gasteiger partial charge in [-0.2, -0.15) is 13.2 Å². The Morgan fingerprint density at radius 3 is 2.53 bits per heavy atom. The molecular weight excluding hydrogens is 687 g/mol. The van der Waals surface area contributed by atoms with Crippen LogP contribution in [0.4, 0.5) is 24.5 Å². The van der Waals surface area contributed by atoms with Gasteiger partial charge in [0.25, 0.3) is 5.91 Å². The van der Waals surface area contributed by atoms with Gasteiger partial charge in [-0.3, -0.25) is 9.59 Å². The molecule has 1 aliphatic rings. The number of nitrogens with two attached hydrogens (primary N) is 1. The van der Waals surface area contributed by atoms with Gasteiger partial charge in [0.05, 0.1) is 47.6 Å². The maximum Gasteiger partial charge on any atom is 0.393 e. The molecular formula is C36H44F3N5O6S. The number of methoxy groups -OCH3 is 2. The molecule has 2 heterocycles. The van der Waals surface area contributed by atoms with Crippen LogP contribution in [0, 0.1) is 11.8 Å². The van der Waals surface area contributed by atoms with Crippen molar-refractivity contribution in [2.75, 3.05) is 64.2 Å². The number of amides is 2. The first-order valence-electron chi connectivity index (χ1n) is 16.7. The van der Waals surface area contributed by atoms with Crippen LogP contribution in [0.15, 0.2) is 36.4 Å². The highest BCUT2D eigenvalue weighted by molar-refractivity contribution is 7.20. The largest absolute Gasteiger partial charge is 0.489 e. The van der Waals surface area contributed by atoms with Gasteiger partial charge < -0.3 is 40.8 Å². The predicted octanol–water partition coefficient (Wildman–Crippen LogP) is 4.93. The number of piperidine rings is 1. The number of primary amides is 1. The zero-order valence-electron chi connectivity index (χ0n) is 28.9. The van der Waals surface area contributed by atoms with E-state index in [1.165, 1.54) is 37.7 Å². The SMILES string of the molecule is CCN1CCC(Nc2cccc3c(CC(F)(F)F)c(C#CCNc4ccc(C(=O)NC(CCC(N)=O)C(=O)OC)cc4OCCOC)sc23)CC1. The lowest BCUT2D eigenvalue weighted by Gasteiger charge is -2.32. The van der Waals surface area contributed by atoms with Crippen molar-refractivity contribution >= 4 is 50.6 Å². The maximum absolute atomic E-state index is 13.8. The molecule has 1 atom stereocenters. The second-order valence-electron chi connectivity index (χ2n) is 12.0. The van der Waals surface area contributed by atoms with Gasteiger partial charge >= 0.3 is 12.1 Å². The number of fused-ring (bicyclic) bond motifs is 1. The molecule has 0 spiro atoms. The third kappa shape index (κ3) is 11.5. The number of rotatable bonds is 16. The number of benzene rings is 2. The van der Waals surface area contributed by atoms with E-state index in [0.717, 1.165) is 42.9 Å². The summed E-state index contributed by atoms with van der Waals surface area (Å²) in [7, 11) is 2.68. The van der Waals surface area contributed by atoms with E-state index in [2.05, 4.69) is 39.6 Å². The number of hydrogen-bond acceptors (Lipinski definition) is 10. The van der Waals surface area contributed by atoms with Crippen molar-refractivity contribution in [2.24, 2.45) is 5.73 Å². The first kappa shape index (κ1) is 39.3. The van der Waals surface area contributed by atoms with E-state index >= 15 is 0 Å². The van der Waals surface area contributed by atoms with Gasteiger partial charge in [0, 0.05) is 38.2 Å². The summed E-state index contributed by atoms with van der Waals surface area (Å²) >= 11 is 1.25. The molecule has 0 radical (unpaired) electrons. The zero-order valence-corrected chi connectivity index (χ0v) is 29.7. The predicted molar refractivity (Wildman–Crippen MR) is 191 cm³/mol. The fourth-order valence-corrected chi connectivity index (χ4v) is 6.89. The highest BCUT2D eigenvalue weighted by atomic mass is 32.1. The van der Waals surface area contributed by atoms with Crippen LogP contribution in [0.5, 0.6) is 5.75 Å². The normalized spacial score (nSPS) is 14.3. The average Bonchev–Trinajstić information content (AvgIpc) is 3.45. The van der Waals surface area contributed by atoms with Gasteiger partial charge in [0.2, 0.25) is 5.91 Å². The molecule has 1 aromatic heterocycles. The molecule has 1 aliphatic heterocycles. The Kier molecular flexibility index (Phi) is 14.4. The molecule has 0 bridgehead atoms. The number of hydrogen-bond donors (Lipinski definition) is 4. The summed E-state index contributed by atoms with van der Waals surface area (Å²) in [5.74, 6) is 4.24. The van der Waals surface area contributed by atoms with Gasteiger partial charge in [-0.05, 0) is 61.0 Å². The maximum atomic E-state index is 13.8. The van der Waals surface area contributed by atoms with E-state index < -0.39 is 36.4 Å². The second kappa shape index (κ2) is 18.6. The van der Waals surface area contributed by atoms with Gasteiger partial charge in [0.1, 0.15) is 18.4 Å². The number of thiophene rings is 1. The van der Waals surface area contributed by atoms with Crippen molar-refractivity contribution in [2.45, 2.75) is 57.3 Å². The average molecular weight is 732 g/mol. The Morgan fingerprint density at radius 1 is 1.10 bits per heavy atom. The van der Waals surface area contributed by atoms with Crippen molar-refractivity contribution in [1.29, 1.82) is 0 Å². The third-order valence-corrected chi connectivity index (χ3v) is 9.61. The van der Waals surface area contributed by atoms with Crippen LogP contribution in [0.2, 0.25) is 0 Å². The number of carbonyl (C=O) groups is 3. The first-order valence-corrected chi connectivity index (χ1v) is 17.5. The second-order valence-corrected chi connectivity index (χ2v) is 13.0. The molecule has 3 aromatic rings. The molecule has 276 valence electrons. The highest BCUT2D eigenvalue weighted by Gasteiger charge is 2.31. The standard InChI is InChI=1S/C36H44F3N5O6S/c1-4-44-17-14-24(15-18-44)42-28-8-5-7-25-26(22-36(37,38)39)31(51-33(25)28)9-6-16-41-27-11-10-23(21-30(27)50-20-19-48-2)34(46)43-29(35(47)49-3)12-13-32(40)45/h5,7-8,10-11,21,24,29,41-42H,4,12-20,22H2,1-3H3,(H2,40,45)(H,43,46). The Bertz CT molecular complexity index is 1730. The molecule has 2 aromatic carbocycles. The molecule has 2 amide bonds. The number of nitrogens with one attached hydrogen (secondary N) is 3. The summed E-state index contributed by atoms with van der Waals surface area (Å²) in [6, 6.07) is 9.11. The molecule has 51 heavy (non-hydrogen) atoms. The number of halogens is 3. The number of ether oxygens (including phenoxy) is 3. The van der Waals surface area contributed by atoms with E-state index in [-0.39, 0.29) is 55.5 Å². The molecule has 11 nitrogen and oxygen atoms in total. The lowest BCUT2D eigenvalue weighted by Crippen LogP contribution is -2.42. The summed E-state index contributed by atoms with van der Waals surface area (Å²) in [4.78, 5) is 39.2. The minimum atomic E-state index is -4.42. The van der Waals surface area contributed by atoms with Gasteiger partial charge in [-0.1, -0.05) is 30.9 Å². The quantitative estimate of drug-likeness (QED) is 0.0917. The van der Waals surface area contributed by atoms with Gasteiger partial charge in [-0.15, -0.1) is 11.3 Å². The number of carbonyl (C=O) groups excluding carboxylic acids is 3. The van der Waals surface area contributed by atoms with Crippen molar-refractivity contribution in [3.05, 3.63) is 52.4 Å². The van der Waals surface area contributed by atoms with Crippen LogP contribution >= 0.6 is 11.3 Å². The van der Waals surface area contributed by atoms with Gasteiger partial charge in [0.15, 0.2) is 0 Å². The lowest BCUT2D eigenvalue weighted by molar-refractivity contribution is -0.143. The lowest BCUT2D eigenvalue weighted by atomic mass is 10.0. The summed E-state index contributed by atoms with van der Waals surface area (Å²) in [6.45, 7) is 5.55. The third-order valence-electron chi connectivity index (χ3n) is 8.42. The van der Waals surface area contributed by atoms with Crippen LogP contribution in [-0.2, 0) is 25.5 Å². The van der Waals surface area contributed by atoms with Crippen molar-refractivity contribution in [1.82, 2.24) is 10.2 Å². The van der Waals surface area contributed by atoms with E-state index in [0.29, 0.717) is 16.0 Å². The molecule has 5 N–H and O–H groups in total. The molecule has 0 saturated carbocycles. The fraction of sp³-hybridized carbons (Fsp3) is 0.472. The monoisotopic (exact) mass is 731 g/mol. The minimum Gasteiger partial charge on any atom is -0.489 e. The molecule has 1 unspecified atom stereocenters. The number of esters is 1. The van der Waals surface area contributed by atoms with Crippen molar-refractivity contribution in [3.63, 3.8) is 0 Å². The Hall–Kier alpha value is -4.52. The van der Waals surface area contributed by atoms with Crippen LogP contribution in [0.1, 0.15) is 53.4 Å². The molecule has 1 fully saturated rings. The van der Waals surface area contributed by atoms with E-state index in [1.54, 1.807) is 18.2 Å². The fourth-order valence-electron chi connectivity index (χ4n) is 5.72. The highest BCUT2D eigenvalue weighted by Crippen LogP contribution is 2.39. The number of nitrogens with zero attached hydrogens (tertiary/aromatic N) is 1. The topological polar surface area (TPSA) is 144 Å².